The number of aryl methyl sites for hydroxylation is 2. The Morgan fingerprint density at radius 1 is 1.32 bits per heavy atom. The molecule has 8 heteroatoms. The maximum Gasteiger partial charge on any atom is 0.227 e. The first-order valence-corrected chi connectivity index (χ1v) is 10.3. The molecule has 1 amide bonds. The van der Waals surface area contributed by atoms with Crippen LogP contribution in [0.15, 0.2) is 42.7 Å². The molecule has 4 heterocycles. The zero-order valence-corrected chi connectivity index (χ0v) is 17.6. The number of carbonyl (C=O) groups is 1. The quantitative estimate of drug-likeness (QED) is 0.704. The highest BCUT2D eigenvalue weighted by Crippen LogP contribution is 2.39. The highest BCUT2D eigenvalue weighted by Gasteiger charge is 2.43. The van der Waals surface area contributed by atoms with Gasteiger partial charge in [0.15, 0.2) is 11.6 Å². The number of ether oxygens (including phenoxy) is 1. The van der Waals surface area contributed by atoms with Crippen LogP contribution in [0.2, 0.25) is 0 Å². The molecule has 5 rings (SSSR count). The van der Waals surface area contributed by atoms with Gasteiger partial charge in [-0.1, -0.05) is 12.1 Å². The summed E-state index contributed by atoms with van der Waals surface area (Å²) in [5.74, 6) is 1.16. The van der Waals surface area contributed by atoms with Gasteiger partial charge in [0.25, 0.3) is 0 Å². The fourth-order valence-corrected chi connectivity index (χ4v) is 4.34. The summed E-state index contributed by atoms with van der Waals surface area (Å²) in [6.45, 7) is 3.65. The van der Waals surface area contributed by atoms with Crippen molar-refractivity contribution in [3.05, 3.63) is 59.8 Å². The molecule has 1 spiro atoms. The number of pyridine rings is 1. The number of rotatable bonds is 3. The molecule has 2 aliphatic rings. The van der Waals surface area contributed by atoms with E-state index >= 15 is 0 Å². The Labute approximate surface area is 179 Å². The van der Waals surface area contributed by atoms with Crippen LogP contribution in [0.3, 0.4) is 0 Å². The molecule has 31 heavy (non-hydrogen) atoms. The predicted molar refractivity (Wildman–Crippen MR) is 114 cm³/mol. The molecule has 7 nitrogen and oxygen atoms in total. The van der Waals surface area contributed by atoms with E-state index in [2.05, 4.69) is 10.4 Å². The van der Waals surface area contributed by atoms with Gasteiger partial charge in [0, 0.05) is 43.2 Å². The Bertz CT molecular complexity index is 1140. The molecule has 1 fully saturated rings. The van der Waals surface area contributed by atoms with Crippen LogP contribution in [0.25, 0.3) is 11.1 Å². The standard InChI is InChI=1S/C23H24FN5O2/c1-15-19(17-11-25-28(2)12-17)10-20-22(26-15)27-23(14-31-20)7-8-29(13-23)21(30)9-16-3-5-18(24)6-4-16/h3-6,10-12H,7-9,13-14H2,1-2H3,(H,26,27)/t23-/m0/s1. The number of fused-ring (bicyclic) bond motifs is 1. The van der Waals surface area contributed by atoms with E-state index in [-0.39, 0.29) is 23.7 Å². The molecule has 2 aromatic heterocycles. The van der Waals surface area contributed by atoms with Crippen LogP contribution >= 0.6 is 0 Å². The number of hydrogen-bond acceptors (Lipinski definition) is 5. The second kappa shape index (κ2) is 7.37. The van der Waals surface area contributed by atoms with Crippen molar-refractivity contribution in [1.29, 1.82) is 0 Å². The predicted octanol–water partition coefficient (Wildman–Crippen LogP) is 2.95. The number of likely N-dealkylation sites (tertiary alicyclic amines) is 1. The van der Waals surface area contributed by atoms with E-state index in [9.17, 15) is 9.18 Å². The van der Waals surface area contributed by atoms with Gasteiger partial charge in [-0.15, -0.1) is 0 Å². The number of benzene rings is 1. The van der Waals surface area contributed by atoms with Crippen molar-refractivity contribution in [2.24, 2.45) is 7.05 Å². The molecule has 0 bridgehead atoms. The van der Waals surface area contributed by atoms with Gasteiger partial charge < -0.3 is 15.0 Å². The summed E-state index contributed by atoms with van der Waals surface area (Å²) in [4.78, 5) is 19.4. The summed E-state index contributed by atoms with van der Waals surface area (Å²) in [5, 5.41) is 7.79. The van der Waals surface area contributed by atoms with Gasteiger partial charge in [-0.05, 0) is 37.1 Å². The van der Waals surface area contributed by atoms with Crippen LogP contribution < -0.4 is 10.1 Å². The van der Waals surface area contributed by atoms with Gasteiger partial charge >= 0.3 is 0 Å². The van der Waals surface area contributed by atoms with Crippen molar-refractivity contribution in [3.8, 4) is 16.9 Å². The van der Waals surface area contributed by atoms with E-state index in [1.165, 1.54) is 12.1 Å². The molecule has 0 saturated carbocycles. The number of nitrogens with one attached hydrogen (secondary N) is 1. The van der Waals surface area contributed by atoms with Crippen LogP contribution in [0, 0.1) is 12.7 Å². The summed E-state index contributed by atoms with van der Waals surface area (Å²) < 4.78 is 21.0. The summed E-state index contributed by atoms with van der Waals surface area (Å²) in [7, 11) is 1.88. The molecule has 1 saturated heterocycles. The number of hydrogen-bond donors (Lipinski definition) is 1. The second-order valence-corrected chi connectivity index (χ2v) is 8.43. The molecule has 1 aromatic carbocycles. The topological polar surface area (TPSA) is 72.3 Å². The lowest BCUT2D eigenvalue weighted by Gasteiger charge is -2.36. The molecule has 160 valence electrons. The lowest BCUT2D eigenvalue weighted by Crippen LogP contribution is -2.50. The molecule has 0 unspecified atom stereocenters. The van der Waals surface area contributed by atoms with Gasteiger partial charge in [-0.2, -0.15) is 5.10 Å². The SMILES string of the molecule is Cc1nc2c(cc1-c1cnn(C)c1)OC[C@@]1(CCN(C(=O)Cc3ccc(F)cc3)C1)N2. The maximum atomic E-state index is 13.1. The normalized spacial score (nSPS) is 19.8. The van der Waals surface area contributed by atoms with Crippen LogP contribution in [0.5, 0.6) is 5.75 Å². The average molecular weight is 421 g/mol. The molecule has 2 aliphatic heterocycles. The Kier molecular flexibility index (Phi) is 4.64. The fraction of sp³-hybridized carbons (Fsp3) is 0.348. The summed E-state index contributed by atoms with van der Waals surface area (Å²) >= 11 is 0. The van der Waals surface area contributed by atoms with Gasteiger partial charge in [-0.3, -0.25) is 9.48 Å². The van der Waals surface area contributed by atoms with Crippen molar-refractivity contribution in [2.45, 2.75) is 25.3 Å². The third kappa shape index (κ3) is 3.73. The van der Waals surface area contributed by atoms with E-state index in [4.69, 9.17) is 9.72 Å². The smallest absolute Gasteiger partial charge is 0.227 e. The molecular weight excluding hydrogens is 397 g/mol. The van der Waals surface area contributed by atoms with E-state index in [1.807, 2.05) is 37.3 Å². The van der Waals surface area contributed by atoms with Gasteiger partial charge in [0.2, 0.25) is 5.91 Å². The van der Waals surface area contributed by atoms with Crippen LogP contribution in [-0.4, -0.2) is 50.8 Å². The third-order valence-corrected chi connectivity index (χ3v) is 6.06. The lowest BCUT2D eigenvalue weighted by atomic mass is 9.98. The molecule has 1 N–H and O–H groups in total. The summed E-state index contributed by atoms with van der Waals surface area (Å²) in [5.41, 5.74) is 3.35. The number of carbonyl (C=O) groups excluding carboxylic acids is 1. The second-order valence-electron chi connectivity index (χ2n) is 8.43. The Balaban J connectivity index is 1.30. The largest absolute Gasteiger partial charge is 0.487 e. The Hall–Kier alpha value is -3.42. The highest BCUT2D eigenvalue weighted by atomic mass is 19.1. The van der Waals surface area contributed by atoms with Crippen LogP contribution in [0.1, 0.15) is 17.7 Å². The van der Waals surface area contributed by atoms with Gasteiger partial charge in [0.05, 0.1) is 18.2 Å². The number of anilines is 1. The minimum absolute atomic E-state index is 0.0344. The molecule has 1 atom stereocenters. The van der Waals surface area contributed by atoms with Crippen molar-refractivity contribution in [3.63, 3.8) is 0 Å². The lowest BCUT2D eigenvalue weighted by molar-refractivity contribution is -0.129. The highest BCUT2D eigenvalue weighted by molar-refractivity contribution is 5.79. The first-order valence-electron chi connectivity index (χ1n) is 10.3. The number of halogens is 1. The monoisotopic (exact) mass is 421 g/mol. The Morgan fingerprint density at radius 3 is 2.87 bits per heavy atom. The zero-order valence-electron chi connectivity index (χ0n) is 17.6. The molecule has 3 aromatic rings. The minimum atomic E-state index is -0.347. The van der Waals surface area contributed by atoms with E-state index < -0.39 is 0 Å². The molecular formula is C23H24FN5O2. The molecule has 0 aliphatic carbocycles. The van der Waals surface area contributed by atoms with Crippen molar-refractivity contribution in [2.75, 3.05) is 25.0 Å². The van der Waals surface area contributed by atoms with Crippen LogP contribution in [-0.2, 0) is 18.3 Å². The van der Waals surface area contributed by atoms with Gasteiger partial charge in [0.1, 0.15) is 12.4 Å². The van der Waals surface area contributed by atoms with E-state index in [0.29, 0.717) is 31.3 Å². The number of amides is 1. The van der Waals surface area contributed by atoms with Crippen molar-refractivity contribution in [1.82, 2.24) is 19.7 Å². The van der Waals surface area contributed by atoms with Crippen molar-refractivity contribution >= 4 is 11.7 Å². The Morgan fingerprint density at radius 2 is 2.13 bits per heavy atom. The maximum absolute atomic E-state index is 13.1. The first-order chi connectivity index (χ1) is 14.9. The first kappa shape index (κ1) is 19.5. The van der Waals surface area contributed by atoms with Crippen LogP contribution in [0.4, 0.5) is 10.2 Å². The minimum Gasteiger partial charge on any atom is -0.487 e. The average Bonchev–Trinajstić information content (AvgIpc) is 3.36. The fourth-order valence-electron chi connectivity index (χ4n) is 4.34. The van der Waals surface area contributed by atoms with Crippen molar-refractivity contribution < 1.29 is 13.9 Å². The van der Waals surface area contributed by atoms with Gasteiger partial charge in [-0.25, -0.2) is 9.37 Å². The van der Waals surface area contributed by atoms with E-state index in [1.54, 1.807) is 16.8 Å². The molecule has 0 radical (unpaired) electrons. The third-order valence-electron chi connectivity index (χ3n) is 6.06. The number of aromatic nitrogens is 3. The van der Waals surface area contributed by atoms with E-state index in [0.717, 1.165) is 28.8 Å². The summed E-state index contributed by atoms with van der Waals surface area (Å²) in [6.07, 6.45) is 4.82. The summed E-state index contributed by atoms with van der Waals surface area (Å²) in [6, 6.07) is 8.08. The number of nitrogens with zero attached hydrogens (tertiary/aromatic N) is 4. The zero-order chi connectivity index (χ0) is 21.6.